The van der Waals surface area contributed by atoms with Crippen molar-refractivity contribution >= 4 is 23.3 Å². The maximum absolute atomic E-state index is 11.4. The van der Waals surface area contributed by atoms with E-state index >= 15 is 0 Å². The largest absolute Gasteiger partial charge is 0.358 e. The monoisotopic (exact) mass is 495 g/mol. The highest BCUT2D eigenvalue weighted by atomic mass is 16.2. The molecule has 4 N–H and O–H groups in total. The number of nitriles is 2. The third-order valence-electron chi connectivity index (χ3n) is 5.42. The number of pyridine rings is 2. The Morgan fingerprint density at radius 1 is 1.11 bits per heavy atom. The molecule has 0 saturated carbocycles. The van der Waals surface area contributed by atoms with Crippen LogP contribution in [-0.4, -0.2) is 34.6 Å². The average Bonchev–Trinajstić information content (AvgIpc) is 2.90. The highest BCUT2D eigenvalue weighted by Gasteiger charge is 2.21. The minimum atomic E-state index is -0.349. The molecule has 0 spiro atoms. The van der Waals surface area contributed by atoms with Crippen LogP contribution in [0.1, 0.15) is 30.2 Å². The van der Waals surface area contributed by atoms with Crippen molar-refractivity contribution in [3.63, 3.8) is 0 Å². The fourth-order valence-corrected chi connectivity index (χ4v) is 3.57. The minimum absolute atomic E-state index is 0.0614. The van der Waals surface area contributed by atoms with Gasteiger partial charge in [0.2, 0.25) is 11.9 Å². The lowest BCUT2D eigenvalue weighted by Gasteiger charge is -2.19. The number of aliphatic imine (C=N–C) groups is 1. The summed E-state index contributed by atoms with van der Waals surface area (Å²) in [5, 5.41) is 26.7. The number of nitrogens with one attached hydrogen (secondary N) is 4. The summed E-state index contributed by atoms with van der Waals surface area (Å²) in [7, 11) is 1.68. The fourth-order valence-electron chi connectivity index (χ4n) is 3.57. The zero-order chi connectivity index (χ0) is 26.8. The SMILES string of the molecule is CN/C(=N/c1ccc(C2=NNC(=O)CC2C)cc1)NC#N.Cc1[nH]c(=O)c(C#N)cc1-c1ccncc1. The van der Waals surface area contributed by atoms with Gasteiger partial charge in [0.25, 0.3) is 5.56 Å². The van der Waals surface area contributed by atoms with Crippen LogP contribution in [0.5, 0.6) is 0 Å². The molecule has 186 valence electrons. The first-order valence-electron chi connectivity index (χ1n) is 11.3. The number of benzene rings is 1. The van der Waals surface area contributed by atoms with Gasteiger partial charge in [0.1, 0.15) is 11.6 Å². The molecule has 11 heteroatoms. The van der Waals surface area contributed by atoms with Crippen molar-refractivity contribution < 1.29 is 4.79 Å². The maximum Gasteiger partial charge on any atom is 0.266 e. The first kappa shape index (κ1) is 26.3. The number of amides is 1. The van der Waals surface area contributed by atoms with Gasteiger partial charge < -0.3 is 10.3 Å². The number of nitrogens with zero attached hydrogens (tertiary/aromatic N) is 5. The molecule has 37 heavy (non-hydrogen) atoms. The zero-order valence-corrected chi connectivity index (χ0v) is 20.5. The highest BCUT2D eigenvalue weighted by molar-refractivity contribution is 6.05. The molecule has 2 aromatic heterocycles. The molecule has 0 radical (unpaired) electrons. The number of hydrogen-bond donors (Lipinski definition) is 4. The number of hydrogen-bond acceptors (Lipinski definition) is 7. The number of carbonyl (C=O) groups is 1. The number of H-pyrrole nitrogens is 1. The summed E-state index contributed by atoms with van der Waals surface area (Å²) >= 11 is 0. The van der Waals surface area contributed by atoms with Gasteiger partial charge in [-0.05, 0) is 48.4 Å². The second-order valence-corrected chi connectivity index (χ2v) is 8.03. The van der Waals surface area contributed by atoms with Crippen LogP contribution in [-0.2, 0) is 4.79 Å². The number of hydrazone groups is 1. The lowest BCUT2D eigenvalue weighted by atomic mass is 9.94. The molecule has 1 atom stereocenters. The van der Waals surface area contributed by atoms with Crippen molar-refractivity contribution in [3.05, 3.63) is 82.0 Å². The van der Waals surface area contributed by atoms with Crippen LogP contribution in [0, 0.1) is 35.6 Å². The van der Waals surface area contributed by atoms with Gasteiger partial charge in [-0.2, -0.15) is 15.6 Å². The second kappa shape index (κ2) is 12.4. The molecule has 1 aromatic carbocycles. The van der Waals surface area contributed by atoms with Crippen molar-refractivity contribution in [2.24, 2.45) is 16.0 Å². The van der Waals surface area contributed by atoms with Crippen LogP contribution in [0.25, 0.3) is 11.1 Å². The van der Waals surface area contributed by atoms with E-state index in [1.54, 1.807) is 32.4 Å². The summed E-state index contributed by atoms with van der Waals surface area (Å²) in [6.45, 7) is 3.78. The van der Waals surface area contributed by atoms with Crippen molar-refractivity contribution in [2.75, 3.05) is 7.05 Å². The number of aromatic nitrogens is 2. The van der Waals surface area contributed by atoms with Gasteiger partial charge in [-0.1, -0.05) is 19.1 Å². The topological polar surface area (TPSA) is 171 Å². The van der Waals surface area contributed by atoms with E-state index < -0.39 is 0 Å². The molecule has 3 aromatic rings. The molecule has 1 aliphatic rings. The van der Waals surface area contributed by atoms with Gasteiger partial charge in [-0.3, -0.25) is 19.9 Å². The number of guanidine groups is 1. The summed E-state index contributed by atoms with van der Waals surface area (Å²) < 4.78 is 0. The third-order valence-corrected chi connectivity index (χ3v) is 5.42. The Balaban J connectivity index is 0.000000213. The number of aryl methyl sites for hydroxylation is 1. The molecule has 3 heterocycles. The summed E-state index contributed by atoms with van der Waals surface area (Å²) in [6.07, 6.45) is 5.59. The predicted octanol–water partition coefficient (Wildman–Crippen LogP) is 2.44. The van der Waals surface area contributed by atoms with Gasteiger partial charge in [0, 0.05) is 43.0 Å². The predicted molar refractivity (Wildman–Crippen MR) is 140 cm³/mol. The van der Waals surface area contributed by atoms with Crippen molar-refractivity contribution in [1.29, 1.82) is 10.5 Å². The molecule has 1 amide bonds. The van der Waals surface area contributed by atoms with Crippen LogP contribution < -0.4 is 21.6 Å². The lowest BCUT2D eigenvalue weighted by molar-refractivity contribution is -0.121. The smallest absolute Gasteiger partial charge is 0.266 e. The summed E-state index contributed by atoms with van der Waals surface area (Å²) in [4.78, 5) is 33.4. The van der Waals surface area contributed by atoms with E-state index in [0.29, 0.717) is 18.1 Å². The van der Waals surface area contributed by atoms with Gasteiger partial charge in [0.05, 0.1) is 11.4 Å². The van der Waals surface area contributed by atoms with E-state index in [1.807, 2.05) is 55.6 Å². The molecule has 0 aliphatic carbocycles. The van der Waals surface area contributed by atoms with E-state index in [-0.39, 0.29) is 22.9 Å². The Labute approximate surface area is 213 Å². The summed E-state index contributed by atoms with van der Waals surface area (Å²) in [5.74, 6) is 0.399. The van der Waals surface area contributed by atoms with Gasteiger partial charge >= 0.3 is 0 Å². The molecular weight excluding hydrogens is 470 g/mol. The Morgan fingerprint density at radius 3 is 2.41 bits per heavy atom. The molecule has 11 nitrogen and oxygen atoms in total. The highest BCUT2D eigenvalue weighted by Crippen LogP contribution is 2.21. The average molecular weight is 496 g/mol. The molecular formula is C26H25N9O2. The van der Waals surface area contributed by atoms with Crippen LogP contribution in [0.4, 0.5) is 5.69 Å². The minimum Gasteiger partial charge on any atom is -0.358 e. The number of rotatable bonds is 3. The van der Waals surface area contributed by atoms with Crippen LogP contribution in [0.2, 0.25) is 0 Å². The fraction of sp³-hybridized carbons (Fsp3) is 0.192. The summed E-state index contributed by atoms with van der Waals surface area (Å²) in [5.41, 5.74) is 7.30. The Bertz CT molecular complexity index is 1460. The van der Waals surface area contributed by atoms with Crippen LogP contribution >= 0.6 is 0 Å². The quantitative estimate of drug-likeness (QED) is 0.187. The number of carbonyl (C=O) groups excluding carboxylic acids is 1. The van der Waals surface area contributed by atoms with E-state index in [9.17, 15) is 9.59 Å². The normalized spacial score (nSPS) is 14.6. The first-order valence-corrected chi connectivity index (χ1v) is 11.3. The van der Waals surface area contributed by atoms with Crippen molar-refractivity contribution in [1.82, 2.24) is 26.0 Å². The Hall–Kier alpha value is -5.29. The van der Waals surface area contributed by atoms with E-state index in [4.69, 9.17) is 10.5 Å². The second-order valence-electron chi connectivity index (χ2n) is 8.03. The van der Waals surface area contributed by atoms with Gasteiger partial charge in [0.15, 0.2) is 6.19 Å². The molecule has 0 fully saturated rings. The van der Waals surface area contributed by atoms with E-state index in [1.165, 1.54) is 0 Å². The Kier molecular flexibility index (Phi) is 8.84. The first-order chi connectivity index (χ1) is 17.9. The standard InChI is InChI=1S/C14H16N6O.C12H9N3O/c1-9-7-12(21)19-20-13(9)10-3-5-11(6-4-10)18-14(16-2)17-8-15;1-8-11(9-2-4-14-5-3-9)6-10(7-13)12(16)15-8/h3-6,9H,7H2,1-2H3,(H,19,21)(H2,16,17,18);2-6H,1H3,(H,15,16). The third kappa shape index (κ3) is 6.87. The number of aromatic amines is 1. The van der Waals surface area contributed by atoms with E-state index in [2.05, 4.69) is 36.1 Å². The van der Waals surface area contributed by atoms with Gasteiger partial charge in [-0.25, -0.2) is 10.4 Å². The van der Waals surface area contributed by atoms with Crippen LogP contribution in [0.3, 0.4) is 0 Å². The molecule has 0 bridgehead atoms. The van der Waals surface area contributed by atoms with Gasteiger partial charge in [-0.15, -0.1) is 0 Å². The van der Waals surface area contributed by atoms with Crippen LogP contribution in [0.15, 0.2) is 69.7 Å². The molecule has 0 saturated heterocycles. The molecule has 1 unspecified atom stereocenters. The van der Waals surface area contributed by atoms with Crippen molar-refractivity contribution in [2.45, 2.75) is 20.3 Å². The van der Waals surface area contributed by atoms with E-state index in [0.717, 1.165) is 28.1 Å². The maximum atomic E-state index is 11.4. The zero-order valence-electron chi connectivity index (χ0n) is 20.5. The molecule has 1 aliphatic heterocycles. The Morgan fingerprint density at radius 2 is 1.81 bits per heavy atom. The van der Waals surface area contributed by atoms with Crippen molar-refractivity contribution in [3.8, 4) is 23.4 Å². The molecule has 4 rings (SSSR count). The lowest BCUT2D eigenvalue weighted by Crippen LogP contribution is -2.32. The summed E-state index contributed by atoms with van der Waals surface area (Å²) in [6, 6.07) is 14.6.